The molecule has 1 heterocycles. The predicted molar refractivity (Wildman–Crippen MR) is 84.7 cm³/mol. The Bertz CT molecular complexity index is 346. The van der Waals surface area contributed by atoms with Gasteiger partial charge in [0.05, 0.1) is 0 Å². The summed E-state index contributed by atoms with van der Waals surface area (Å²) in [4.78, 5) is 4.73. The van der Waals surface area contributed by atoms with Crippen LogP contribution in [0, 0.1) is 0 Å². The summed E-state index contributed by atoms with van der Waals surface area (Å²) in [6.45, 7) is 11.5. The van der Waals surface area contributed by atoms with Crippen molar-refractivity contribution in [2.75, 3.05) is 0 Å². The van der Waals surface area contributed by atoms with E-state index >= 15 is 0 Å². The summed E-state index contributed by atoms with van der Waals surface area (Å²) in [5, 5.41) is 0. The fourth-order valence-corrected chi connectivity index (χ4v) is 3.15. The second kappa shape index (κ2) is 7.67. The number of hydrogen-bond acceptors (Lipinski definition) is 1. The molecule has 0 N–H and O–H groups in total. The summed E-state index contributed by atoms with van der Waals surface area (Å²) in [7, 11) is 0. The summed E-state index contributed by atoms with van der Waals surface area (Å²) in [5.41, 5.74) is 2.98. The Morgan fingerprint density at radius 1 is 1.05 bits per heavy atom. The molecule has 0 bridgehead atoms. The molecule has 1 heteroatoms. The maximum absolute atomic E-state index is 4.73. The van der Waals surface area contributed by atoms with Crippen LogP contribution in [0.1, 0.15) is 90.3 Å². The molecular formula is C18H31N. The van der Waals surface area contributed by atoms with E-state index < -0.39 is 0 Å². The molecular weight excluding hydrogens is 230 g/mol. The highest BCUT2D eigenvalue weighted by atomic mass is 14.7. The molecule has 0 aliphatic carbocycles. The van der Waals surface area contributed by atoms with Crippen LogP contribution in [0.15, 0.2) is 18.3 Å². The van der Waals surface area contributed by atoms with Crippen LogP contribution < -0.4 is 0 Å². The molecule has 0 aliphatic heterocycles. The van der Waals surface area contributed by atoms with E-state index in [1.54, 1.807) is 0 Å². The van der Waals surface area contributed by atoms with Gasteiger partial charge in [0.15, 0.2) is 0 Å². The van der Waals surface area contributed by atoms with Crippen molar-refractivity contribution < 1.29 is 0 Å². The van der Waals surface area contributed by atoms with Crippen LogP contribution in [0.3, 0.4) is 0 Å². The highest BCUT2D eigenvalue weighted by molar-refractivity contribution is 5.24. The average molecular weight is 261 g/mol. The van der Waals surface area contributed by atoms with E-state index in [1.165, 1.54) is 49.8 Å². The highest BCUT2D eigenvalue weighted by Gasteiger charge is 2.25. The monoisotopic (exact) mass is 261 g/mol. The Hall–Kier alpha value is -0.850. The van der Waals surface area contributed by atoms with Gasteiger partial charge in [-0.15, -0.1) is 0 Å². The van der Waals surface area contributed by atoms with Gasteiger partial charge in [-0.25, -0.2) is 0 Å². The van der Waals surface area contributed by atoms with Crippen molar-refractivity contribution in [3.05, 3.63) is 29.6 Å². The van der Waals surface area contributed by atoms with Gasteiger partial charge in [0.25, 0.3) is 0 Å². The van der Waals surface area contributed by atoms with Crippen LogP contribution in [0.5, 0.6) is 0 Å². The van der Waals surface area contributed by atoms with Gasteiger partial charge in [0.2, 0.25) is 0 Å². The van der Waals surface area contributed by atoms with Crippen molar-refractivity contribution in [1.29, 1.82) is 0 Å². The molecule has 0 spiro atoms. The highest BCUT2D eigenvalue weighted by Crippen LogP contribution is 2.34. The molecule has 1 rings (SSSR count). The molecule has 19 heavy (non-hydrogen) atoms. The van der Waals surface area contributed by atoms with E-state index in [0.717, 1.165) is 0 Å². The number of nitrogens with zero attached hydrogens (tertiary/aromatic N) is 1. The molecule has 0 amide bonds. The molecule has 1 nitrogen and oxygen atoms in total. The van der Waals surface area contributed by atoms with Gasteiger partial charge in [-0.1, -0.05) is 59.9 Å². The van der Waals surface area contributed by atoms with Crippen molar-refractivity contribution in [3.8, 4) is 0 Å². The molecule has 0 aliphatic rings. The molecule has 1 unspecified atom stereocenters. The van der Waals surface area contributed by atoms with Crippen molar-refractivity contribution >= 4 is 0 Å². The summed E-state index contributed by atoms with van der Waals surface area (Å²) in [6, 6.07) is 4.57. The summed E-state index contributed by atoms with van der Waals surface area (Å²) in [6.07, 6.45) is 9.59. The lowest BCUT2D eigenvalue weighted by molar-refractivity contribution is 0.390. The lowest BCUT2D eigenvalue weighted by Gasteiger charge is -2.29. The lowest BCUT2D eigenvalue weighted by Crippen LogP contribution is -2.22. The standard InChI is InChI=1S/C18H31N/c1-6-9-15(4)17-11-10-16(14-19-17)18(5,12-7-2)13-8-3/h10-11,14-15H,6-9,12-13H2,1-5H3. The van der Waals surface area contributed by atoms with Gasteiger partial charge in [0, 0.05) is 11.9 Å². The Labute approximate surface area is 119 Å². The van der Waals surface area contributed by atoms with Crippen LogP contribution in [0.25, 0.3) is 0 Å². The van der Waals surface area contributed by atoms with Crippen LogP contribution in [-0.2, 0) is 5.41 Å². The number of pyridine rings is 1. The van der Waals surface area contributed by atoms with Crippen LogP contribution in [-0.4, -0.2) is 4.98 Å². The number of rotatable bonds is 8. The van der Waals surface area contributed by atoms with Crippen molar-refractivity contribution in [2.45, 2.75) is 84.5 Å². The zero-order valence-electron chi connectivity index (χ0n) is 13.5. The Morgan fingerprint density at radius 2 is 1.68 bits per heavy atom. The fourth-order valence-electron chi connectivity index (χ4n) is 3.15. The molecule has 0 aromatic carbocycles. The van der Waals surface area contributed by atoms with Crippen LogP contribution in [0.4, 0.5) is 0 Å². The first-order valence-corrected chi connectivity index (χ1v) is 8.03. The van der Waals surface area contributed by atoms with E-state index in [4.69, 9.17) is 4.98 Å². The third-order valence-corrected chi connectivity index (χ3v) is 4.31. The molecule has 1 aromatic heterocycles. The lowest BCUT2D eigenvalue weighted by atomic mass is 9.76. The SMILES string of the molecule is CCCC(C)c1ccc(C(C)(CCC)CCC)cn1. The number of aromatic nitrogens is 1. The van der Waals surface area contributed by atoms with Crippen molar-refractivity contribution in [2.24, 2.45) is 0 Å². The average Bonchev–Trinajstić information content (AvgIpc) is 2.40. The molecule has 0 saturated carbocycles. The van der Waals surface area contributed by atoms with Gasteiger partial charge in [0.1, 0.15) is 0 Å². The summed E-state index contributed by atoms with van der Waals surface area (Å²) >= 11 is 0. The summed E-state index contributed by atoms with van der Waals surface area (Å²) < 4.78 is 0. The largest absolute Gasteiger partial charge is 0.261 e. The molecule has 1 atom stereocenters. The van der Waals surface area contributed by atoms with Gasteiger partial charge >= 0.3 is 0 Å². The zero-order chi connectivity index (χ0) is 14.3. The van der Waals surface area contributed by atoms with E-state index in [2.05, 4.69) is 52.9 Å². The van der Waals surface area contributed by atoms with Crippen molar-refractivity contribution in [1.82, 2.24) is 4.98 Å². The first-order valence-electron chi connectivity index (χ1n) is 8.03. The Morgan fingerprint density at radius 3 is 2.11 bits per heavy atom. The van der Waals surface area contributed by atoms with Gasteiger partial charge in [-0.2, -0.15) is 0 Å². The van der Waals surface area contributed by atoms with Gasteiger partial charge < -0.3 is 0 Å². The Balaban J connectivity index is 2.89. The third kappa shape index (κ3) is 4.33. The molecule has 0 fully saturated rings. The van der Waals surface area contributed by atoms with Gasteiger partial charge in [-0.05, 0) is 42.2 Å². The normalized spacial score (nSPS) is 13.5. The molecule has 0 saturated heterocycles. The topological polar surface area (TPSA) is 12.9 Å². The predicted octanol–water partition coefficient (Wildman–Crippen LogP) is 5.84. The van der Waals surface area contributed by atoms with Crippen molar-refractivity contribution in [3.63, 3.8) is 0 Å². The van der Waals surface area contributed by atoms with Gasteiger partial charge in [-0.3, -0.25) is 4.98 Å². The van der Waals surface area contributed by atoms with E-state index in [9.17, 15) is 0 Å². The van der Waals surface area contributed by atoms with E-state index in [0.29, 0.717) is 11.3 Å². The smallest absolute Gasteiger partial charge is 0.0431 e. The first-order chi connectivity index (χ1) is 9.07. The van der Waals surface area contributed by atoms with Crippen LogP contribution in [0.2, 0.25) is 0 Å². The maximum Gasteiger partial charge on any atom is 0.0431 e. The minimum atomic E-state index is 0.309. The molecule has 0 radical (unpaired) electrons. The molecule has 108 valence electrons. The second-order valence-corrected chi connectivity index (χ2v) is 6.22. The third-order valence-electron chi connectivity index (χ3n) is 4.31. The second-order valence-electron chi connectivity index (χ2n) is 6.22. The zero-order valence-corrected chi connectivity index (χ0v) is 13.5. The Kier molecular flexibility index (Phi) is 6.54. The molecule has 1 aromatic rings. The number of hydrogen-bond donors (Lipinski definition) is 0. The minimum Gasteiger partial charge on any atom is -0.261 e. The van der Waals surface area contributed by atoms with Crippen LogP contribution >= 0.6 is 0 Å². The first kappa shape index (κ1) is 16.2. The summed E-state index contributed by atoms with van der Waals surface area (Å²) in [5.74, 6) is 0.586. The fraction of sp³-hybridized carbons (Fsp3) is 0.722. The minimum absolute atomic E-state index is 0.309. The van der Waals surface area contributed by atoms with E-state index in [1.807, 2.05) is 0 Å². The maximum atomic E-state index is 4.73. The quantitative estimate of drug-likeness (QED) is 0.572. The van der Waals surface area contributed by atoms with E-state index in [-0.39, 0.29) is 0 Å².